The second kappa shape index (κ2) is 6.93. The lowest BCUT2D eigenvalue weighted by molar-refractivity contribution is 0.212. The van der Waals surface area contributed by atoms with Crippen LogP contribution in [0.15, 0.2) is 42.7 Å². The minimum Gasteiger partial charge on any atom is -0.306 e. The minimum absolute atomic E-state index is 0.742. The van der Waals surface area contributed by atoms with Crippen LogP contribution in [0.5, 0.6) is 0 Å². The van der Waals surface area contributed by atoms with E-state index in [9.17, 15) is 0 Å². The van der Waals surface area contributed by atoms with Crippen LogP contribution in [0, 0.1) is 11.8 Å². The summed E-state index contributed by atoms with van der Waals surface area (Å²) in [7, 11) is 6.78. The monoisotopic (exact) mass is 338 g/mol. The molecule has 25 heavy (non-hydrogen) atoms. The summed E-state index contributed by atoms with van der Waals surface area (Å²) >= 11 is 0. The summed E-state index contributed by atoms with van der Waals surface area (Å²) in [5.74, 6) is 1.88. The van der Waals surface area contributed by atoms with E-state index in [1.165, 1.54) is 31.2 Å². The molecule has 0 saturated heterocycles. The van der Waals surface area contributed by atoms with Crippen LogP contribution in [-0.2, 0) is 6.54 Å². The summed E-state index contributed by atoms with van der Waals surface area (Å²) in [6, 6.07) is 12.3. The number of nitrogens with zero attached hydrogens (tertiary/aromatic N) is 4. The van der Waals surface area contributed by atoms with Gasteiger partial charge in [0.25, 0.3) is 0 Å². The summed E-state index contributed by atoms with van der Waals surface area (Å²) in [5.41, 5.74) is 2.52. The van der Waals surface area contributed by atoms with Crippen LogP contribution in [0.3, 0.4) is 0 Å². The third kappa shape index (κ3) is 3.51. The topological polar surface area (TPSA) is 24.3 Å². The lowest BCUT2D eigenvalue weighted by Crippen LogP contribution is -2.31. The predicted molar refractivity (Wildman–Crippen MR) is 102 cm³/mol. The fraction of sp³-hybridized carbons (Fsp3) is 0.571. The normalized spacial score (nSPS) is 28.8. The highest BCUT2D eigenvalue weighted by atomic mass is 15.3. The molecular formula is C21H30N4. The van der Waals surface area contributed by atoms with Gasteiger partial charge in [0.15, 0.2) is 0 Å². The van der Waals surface area contributed by atoms with Gasteiger partial charge in [0.2, 0.25) is 0 Å². The fourth-order valence-electron chi connectivity index (χ4n) is 4.97. The molecule has 134 valence electrons. The van der Waals surface area contributed by atoms with Crippen LogP contribution >= 0.6 is 0 Å². The largest absolute Gasteiger partial charge is 0.306 e. The van der Waals surface area contributed by atoms with E-state index in [1.54, 1.807) is 0 Å². The number of rotatable bonds is 5. The van der Waals surface area contributed by atoms with Gasteiger partial charge in [-0.1, -0.05) is 12.1 Å². The number of hydrogen-bond acceptors (Lipinski definition) is 3. The second-order valence-corrected chi connectivity index (χ2v) is 8.27. The molecule has 2 aliphatic carbocycles. The molecule has 4 rings (SSSR count). The van der Waals surface area contributed by atoms with Gasteiger partial charge in [0, 0.05) is 31.0 Å². The molecule has 1 aromatic carbocycles. The Morgan fingerprint density at radius 3 is 2.36 bits per heavy atom. The van der Waals surface area contributed by atoms with Crippen molar-refractivity contribution in [2.45, 2.75) is 44.3 Å². The van der Waals surface area contributed by atoms with Crippen LogP contribution in [0.25, 0.3) is 5.69 Å². The minimum atomic E-state index is 0.742. The highest BCUT2D eigenvalue weighted by molar-refractivity contribution is 5.35. The summed E-state index contributed by atoms with van der Waals surface area (Å²) in [5, 5.41) is 4.34. The zero-order valence-corrected chi connectivity index (χ0v) is 15.7. The van der Waals surface area contributed by atoms with Crippen molar-refractivity contribution in [2.24, 2.45) is 11.8 Å². The van der Waals surface area contributed by atoms with E-state index in [4.69, 9.17) is 0 Å². The Morgan fingerprint density at radius 2 is 1.72 bits per heavy atom. The quantitative estimate of drug-likeness (QED) is 0.835. The molecule has 4 nitrogen and oxygen atoms in total. The second-order valence-electron chi connectivity index (χ2n) is 8.27. The molecular weight excluding hydrogens is 308 g/mol. The molecule has 1 aromatic heterocycles. The molecule has 0 aliphatic heterocycles. The van der Waals surface area contributed by atoms with Gasteiger partial charge in [-0.05, 0) is 82.4 Å². The van der Waals surface area contributed by atoms with Crippen LogP contribution in [0.2, 0.25) is 0 Å². The molecule has 4 atom stereocenters. The Kier molecular flexibility index (Phi) is 4.65. The van der Waals surface area contributed by atoms with E-state index in [2.05, 4.69) is 60.3 Å². The van der Waals surface area contributed by atoms with Crippen molar-refractivity contribution in [2.75, 3.05) is 21.1 Å². The number of aromatic nitrogens is 2. The zero-order valence-electron chi connectivity index (χ0n) is 15.7. The van der Waals surface area contributed by atoms with Gasteiger partial charge < -0.3 is 4.90 Å². The molecule has 4 heteroatoms. The van der Waals surface area contributed by atoms with Gasteiger partial charge in [-0.3, -0.25) is 4.90 Å². The van der Waals surface area contributed by atoms with Crippen LogP contribution < -0.4 is 0 Å². The molecule has 2 unspecified atom stereocenters. The Labute approximate surface area is 151 Å². The SMILES string of the molecule is CN(C)C1C[C@@H]2CC(N(C)Cc3cccc(-n4cccn4)c3)C[C@@H]2C1. The Bertz CT molecular complexity index is 680. The number of hydrogen-bond donors (Lipinski definition) is 0. The van der Waals surface area contributed by atoms with E-state index in [1.807, 2.05) is 23.1 Å². The maximum atomic E-state index is 4.34. The molecule has 0 spiro atoms. The summed E-state index contributed by atoms with van der Waals surface area (Å²) in [4.78, 5) is 5.00. The van der Waals surface area contributed by atoms with E-state index in [0.717, 1.165) is 36.2 Å². The third-order valence-corrected chi connectivity index (χ3v) is 6.43. The molecule has 2 aromatic rings. The fourth-order valence-corrected chi connectivity index (χ4v) is 4.97. The Hall–Kier alpha value is -1.65. The molecule has 2 saturated carbocycles. The smallest absolute Gasteiger partial charge is 0.0648 e. The maximum Gasteiger partial charge on any atom is 0.0648 e. The summed E-state index contributed by atoms with van der Waals surface area (Å²) in [6.45, 7) is 1.02. The highest BCUT2D eigenvalue weighted by Gasteiger charge is 2.43. The molecule has 2 aliphatic rings. The molecule has 2 fully saturated rings. The molecule has 0 amide bonds. The first-order valence-corrected chi connectivity index (χ1v) is 9.56. The van der Waals surface area contributed by atoms with Crippen molar-refractivity contribution in [3.05, 3.63) is 48.3 Å². The van der Waals surface area contributed by atoms with Crippen molar-refractivity contribution in [3.8, 4) is 5.69 Å². The van der Waals surface area contributed by atoms with Crippen LogP contribution in [-0.4, -0.2) is 52.8 Å². The molecule has 0 N–H and O–H groups in total. The third-order valence-electron chi connectivity index (χ3n) is 6.43. The Morgan fingerprint density at radius 1 is 1.00 bits per heavy atom. The number of benzene rings is 1. The van der Waals surface area contributed by atoms with Gasteiger partial charge in [0.1, 0.15) is 0 Å². The van der Waals surface area contributed by atoms with Crippen molar-refractivity contribution in [1.29, 1.82) is 0 Å². The van der Waals surface area contributed by atoms with E-state index < -0.39 is 0 Å². The first kappa shape index (κ1) is 16.8. The lowest BCUT2D eigenvalue weighted by atomic mass is 10.0. The van der Waals surface area contributed by atoms with E-state index in [-0.39, 0.29) is 0 Å². The van der Waals surface area contributed by atoms with Crippen molar-refractivity contribution >= 4 is 0 Å². The average molecular weight is 338 g/mol. The van der Waals surface area contributed by atoms with Crippen LogP contribution in [0.4, 0.5) is 0 Å². The van der Waals surface area contributed by atoms with Gasteiger partial charge in [-0.25, -0.2) is 4.68 Å². The first-order valence-electron chi connectivity index (χ1n) is 9.56. The zero-order chi connectivity index (χ0) is 17.4. The average Bonchev–Trinajstić information content (AvgIpc) is 3.30. The maximum absolute atomic E-state index is 4.34. The lowest BCUT2D eigenvalue weighted by Gasteiger charge is -2.27. The molecule has 0 bridgehead atoms. The van der Waals surface area contributed by atoms with Gasteiger partial charge in [-0.2, -0.15) is 5.10 Å². The van der Waals surface area contributed by atoms with Gasteiger partial charge in [0.05, 0.1) is 5.69 Å². The summed E-state index contributed by atoms with van der Waals surface area (Å²) < 4.78 is 1.94. The molecule has 1 heterocycles. The van der Waals surface area contributed by atoms with Crippen molar-refractivity contribution in [1.82, 2.24) is 19.6 Å². The number of fused-ring (bicyclic) bond motifs is 1. The highest BCUT2D eigenvalue weighted by Crippen LogP contribution is 2.46. The summed E-state index contributed by atoms with van der Waals surface area (Å²) in [6.07, 6.45) is 9.39. The van der Waals surface area contributed by atoms with E-state index >= 15 is 0 Å². The molecule has 0 radical (unpaired) electrons. The standard InChI is InChI=1S/C21H30N4/c1-23(2)20-11-17-13-21(14-18(17)12-20)24(3)15-16-6-4-7-19(10-16)25-9-5-8-22-25/h4-10,17-18,20-21H,11-15H2,1-3H3/t17-,18+,20?,21?. The van der Waals surface area contributed by atoms with Crippen molar-refractivity contribution in [3.63, 3.8) is 0 Å². The first-order chi connectivity index (χ1) is 12.1. The van der Waals surface area contributed by atoms with Crippen molar-refractivity contribution < 1.29 is 0 Å². The van der Waals surface area contributed by atoms with Gasteiger partial charge >= 0.3 is 0 Å². The predicted octanol–water partition coefficient (Wildman–Crippen LogP) is 3.42. The van der Waals surface area contributed by atoms with Gasteiger partial charge in [-0.15, -0.1) is 0 Å². The van der Waals surface area contributed by atoms with Crippen LogP contribution in [0.1, 0.15) is 31.2 Å². The van der Waals surface area contributed by atoms with E-state index in [0.29, 0.717) is 0 Å². The Balaban J connectivity index is 1.37.